The Morgan fingerprint density at radius 3 is 2.54 bits per heavy atom. The number of esters is 1. The van der Waals surface area contributed by atoms with Crippen molar-refractivity contribution in [3.05, 3.63) is 33.9 Å². The van der Waals surface area contributed by atoms with Gasteiger partial charge < -0.3 is 14.9 Å². The van der Waals surface area contributed by atoms with Gasteiger partial charge in [-0.1, -0.05) is 24.6 Å². The molecule has 0 radical (unpaired) electrons. The quantitative estimate of drug-likeness (QED) is 0.694. The second-order valence-corrected chi connectivity index (χ2v) is 6.60. The maximum atomic E-state index is 12.7. The van der Waals surface area contributed by atoms with Gasteiger partial charge in [0.25, 0.3) is 0 Å². The molecule has 1 heterocycles. The summed E-state index contributed by atoms with van der Waals surface area (Å²) in [5.41, 5.74) is 0.476. The highest BCUT2D eigenvalue weighted by atomic mass is 35.5. The first kappa shape index (κ1) is 18.3. The van der Waals surface area contributed by atoms with Crippen molar-refractivity contribution in [3.63, 3.8) is 0 Å². The molecule has 6 heteroatoms. The normalized spacial score (nSPS) is 24.9. The Hall–Kier alpha value is -2.01. The van der Waals surface area contributed by atoms with Gasteiger partial charge in [-0.15, -0.1) is 0 Å². The van der Waals surface area contributed by atoms with Crippen LogP contribution in [0, 0.1) is 5.92 Å². The summed E-state index contributed by atoms with van der Waals surface area (Å²) in [4.78, 5) is 24.9. The lowest BCUT2D eigenvalue weighted by molar-refractivity contribution is -0.149. The van der Waals surface area contributed by atoms with Gasteiger partial charge in [-0.05, 0) is 38.2 Å². The van der Waals surface area contributed by atoms with Crippen LogP contribution in [0.15, 0.2) is 17.7 Å². The largest absolute Gasteiger partial charge is 0.507 e. The minimum atomic E-state index is -0.558. The topological polar surface area (TPSA) is 83.8 Å². The molecule has 2 atom stereocenters. The predicted molar refractivity (Wildman–Crippen MR) is 90.5 cm³/mol. The Morgan fingerprint density at radius 1 is 1.21 bits per heavy atom. The summed E-state index contributed by atoms with van der Waals surface area (Å²) in [5.74, 6) is -1.63. The molecule has 1 aromatic carbocycles. The number of phenols is 2. The number of hydrogen-bond acceptors (Lipinski definition) is 5. The molecule has 2 N–H and O–H groups in total. The highest BCUT2D eigenvalue weighted by Crippen LogP contribution is 2.38. The summed E-state index contributed by atoms with van der Waals surface area (Å²) in [6.07, 6.45) is 2.65. The molecule has 0 fully saturated rings. The van der Waals surface area contributed by atoms with E-state index in [2.05, 4.69) is 0 Å². The fourth-order valence-electron chi connectivity index (χ4n) is 2.70. The van der Waals surface area contributed by atoms with Crippen LogP contribution < -0.4 is 0 Å². The fraction of sp³-hybridized carbons (Fsp3) is 0.444. The first-order valence-corrected chi connectivity index (χ1v) is 8.24. The molecular formula is C18H21ClO5. The van der Waals surface area contributed by atoms with Gasteiger partial charge in [-0.3, -0.25) is 9.59 Å². The Balaban J connectivity index is 2.59. The molecule has 0 saturated heterocycles. The minimum Gasteiger partial charge on any atom is -0.507 e. The average Bonchev–Trinajstić information content (AvgIpc) is 2.50. The van der Waals surface area contributed by atoms with E-state index in [1.165, 1.54) is 0 Å². The Bertz CT molecular complexity index is 708. The zero-order valence-corrected chi connectivity index (χ0v) is 14.7. The Kier molecular flexibility index (Phi) is 5.54. The number of ketones is 1. The number of benzene rings is 1. The van der Waals surface area contributed by atoms with Crippen molar-refractivity contribution in [1.29, 1.82) is 0 Å². The third-order valence-electron chi connectivity index (χ3n) is 4.42. The first-order valence-electron chi connectivity index (χ1n) is 7.86. The highest BCUT2D eigenvalue weighted by molar-refractivity contribution is 6.34. The molecule has 0 amide bonds. The summed E-state index contributed by atoms with van der Waals surface area (Å²) >= 11 is 6.08. The third kappa shape index (κ3) is 3.73. The summed E-state index contributed by atoms with van der Waals surface area (Å²) in [6.45, 7) is 5.45. The number of halogens is 1. The standard InChI is InChI=1S/C18H21ClO5/c1-9-5-4-6-10(2)18(23)16-12(7-15(22)24-11(9)3)17(19)14(21)8-13(16)20/h6,8-9,11,20-21H,4-5,7H2,1-3H3/b10-6+/t9-,11+/m0/s1. The molecule has 24 heavy (non-hydrogen) atoms. The Morgan fingerprint density at radius 2 is 1.88 bits per heavy atom. The number of hydrogen-bond donors (Lipinski definition) is 2. The van der Waals surface area contributed by atoms with E-state index in [-0.39, 0.29) is 40.3 Å². The van der Waals surface area contributed by atoms with E-state index in [1.54, 1.807) is 13.0 Å². The monoisotopic (exact) mass is 352 g/mol. The SMILES string of the molecule is C/C1=C\CC[C@H](C)[C@@H](C)OC(=O)Cc2c(Cl)c(O)cc(O)c2C1=O. The van der Waals surface area contributed by atoms with Gasteiger partial charge in [0.2, 0.25) is 0 Å². The zero-order valence-electron chi connectivity index (χ0n) is 13.9. The van der Waals surface area contributed by atoms with Gasteiger partial charge in [-0.25, -0.2) is 0 Å². The molecule has 0 bridgehead atoms. The first-order chi connectivity index (χ1) is 11.2. The van der Waals surface area contributed by atoms with Crippen molar-refractivity contribution in [3.8, 4) is 11.5 Å². The van der Waals surface area contributed by atoms with Crippen molar-refractivity contribution >= 4 is 23.4 Å². The fourth-order valence-corrected chi connectivity index (χ4v) is 2.92. The number of phenolic OH excluding ortho intramolecular Hbond substituents is 2. The van der Waals surface area contributed by atoms with Crippen molar-refractivity contribution in [2.24, 2.45) is 5.92 Å². The van der Waals surface area contributed by atoms with Crippen LogP contribution in [0.5, 0.6) is 11.5 Å². The molecular weight excluding hydrogens is 332 g/mol. The lowest BCUT2D eigenvalue weighted by Gasteiger charge is -2.22. The number of fused-ring (bicyclic) bond motifs is 1. The van der Waals surface area contributed by atoms with Crippen LogP contribution in [0.2, 0.25) is 5.02 Å². The lowest BCUT2D eigenvalue weighted by atomic mass is 9.93. The minimum absolute atomic E-state index is 0.0650. The number of carbonyl (C=O) groups is 2. The van der Waals surface area contributed by atoms with Gasteiger partial charge in [0.15, 0.2) is 5.78 Å². The number of cyclic esters (lactones) is 1. The van der Waals surface area contributed by atoms with E-state index >= 15 is 0 Å². The predicted octanol–water partition coefficient (Wildman–Crippen LogP) is 3.78. The summed E-state index contributed by atoms with van der Waals surface area (Å²) in [7, 11) is 0. The molecule has 0 unspecified atom stereocenters. The van der Waals surface area contributed by atoms with Crippen LogP contribution in [0.3, 0.4) is 0 Å². The van der Waals surface area contributed by atoms with Gasteiger partial charge in [0.1, 0.15) is 17.6 Å². The maximum absolute atomic E-state index is 12.7. The van der Waals surface area contributed by atoms with Crippen LogP contribution in [0.25, 0.3) is 0 Å². The molecule has 1 aliphatic heterocycles. The van der Waals surface area contributed by atoms with Crippen LogP contribution in [-0.2, 0) is 16.0 Å². The van der Waals surface area contributed by atoms with Gasteiger partial charge >= 0.3 is 5.97 Å². The number of allylic oxidation sites excluding steroid dienone is 2. The molecule has 0 aromatic heterocycles. The van der Waals surface area contributed by atoms with Gasteiger partial charge in [0.05, 0.1) is 17.0 Å². The molecule has 0 spiro atoms. The van der Waals surface area contributed by atoms with E-state index in [1.807, 2.05) is 13.8 Å². The molecule has 2 rings (SSSR count). The number of rotatable bonds is 0. The van der Waals surface area contributed by atoms with Crippen molar-refractivity contribution in [2.75, 3.05) is 0 Å². The summed E-state index contributed by atoms with van der Waals surface area (Å²) in [6, 6.07) is 1.01. The van der Waals surface area contributed by atoms with E-state index < -0.39 is 17.5 Å². The molecule has 1 aliphatic rings. The van der Waals surface area contributed by atoms with Crippen molar-refractivity contribution < 1.29 is 24.5 Å². The van der Waals surface area contributed by atoms with E-state index in [0.717, 1.165) is 12.5 Å². The molecule has 1 aromatic rings. The molecule has 130 valence electrons. The zero-order chi connectivity index (χ0) is 18.0. The van der Waals surface area contributed by atoms with Gasteiger partial charge in [-0.2, -0.15) is 0 Å². The maximum Gasteiger partial charge on any atom is 0.310 e. The average molecular weight is 353 g/mol. The van der Waals surface area contributed by atoms with Crippen LogP contribution in [-0.4, -0.2) is 28.1 Å². The molecule has 0 aliphatic carbocycles. The molecule has 5 nitrogen and oxygen atoms in total. The Labute approximate surface area is 145 Å². The second kappa shape index (κ2) is 7.26. The summed E-state index contributed by atoms with van der Waals surface area (Å²) in [5, 5.41) is 19.8. The number of Topliss-reactive ketones (excluding diaryl/α,β-unsaturated/α-hetero) is 1. The molecule has 0 saturated carbocycles. The van der Waals surface area contributed by atoms with Gasteiger partial charge in [0, 0.05) is 11.6 Å². The highest BCUT2D eigenvalue weighted by Gasteiger charge is 2.27. The number of aromatic hydroxyl groups is 2. The number of carbonyl (C=O) groups excluding carboxylic acids is 2. The third-order valence-corrected chi connectivity index (χ3v) is 4.84. The van der Waals surface area contributed by atoms with E-state index in [4.69, 9.17) is 16.3 Å². The van der Waals surface area contributed by atoms with E-state index in [0.29, 0.717) is 12.0 Å². The summed E-state index contributed by atoms with van der Waals surface area (Å²) < 4.78 is 5.40. The number of ether oxygens (including phenoxy) is 1. The lowest BCUT2D eigenvalue weighted by Crippen LogP contribution is -2.24. The van der Waals surface area contributed by atoms with Crippen LogP contribution in [0.1, 0.15) is 49.5 Å². The smallest absolute Gasteiger partial charge is 0.310 e. The second-order valence-electron chi connectivity index (χ2n) is 6.23. The van der Waals surface area contributed by atoms with Crippen molar-refractivity contribution in [2.45, 2.75) is 46.1 Å². The van der Waals surface area contributed by atoms with Crippen molar-refractivity contribution in [1.82, 2.24) is 0 Å². The van der Waals surface area contributed by atoms with E-state index in [9.17, 15) is 19.8 Å². The van der Waals surface area contributed by atoms with Crippen LogP contribution >= 0.6 is 11.6 Å². The van der Waals surface area contributed by atoms with Crippen LogP contribution in [0.4, 0.5) is 0 Å².